The van der Waals surface area contributed by atoms with E-state index in [-0.39, 0.29) is 17.4 Å². The number of rotatable bonds is 3. The number of amides is 1. The molecule has 1 unspecified atom stereocenters. The van der Waals surface area contributed by atoms with Crippen LogP contribution < -0.4 is 16.3 Å². The number of aryl methyl sites for hydroxylation is 2. The molecule has 5 heteroatoms. The molecule has 0 saturated carbocycles. The standard InChI is InChI=1S/C22H26N2O3/c1-14-12-19(16-8-5-11-23-13-16)27-22(26)20(14)21(25)24-18-10-4-7-15-6-2-3-9-17(15)18/h4,7,10,12,16,23H,2-3,5-6,8-9,11,13H2,1H3,(H,24,25). The zero-order valence-corrected chi connectivity index (χ0v) is 15.8. The first-order valence-corrected chi connectivity index (χ1v) is 9.91. The normalized spacial score (nSPS) is 19.4. The smallest absolute Gasteiger partial charge is 0.349 e. The summed E-state index contributed by atoms with van der Waals surface area (Å²) in [5.74, 6) is 0.496. The van der Waals surface area contributed by atoms with E-state index in [1.54, 1.807) is 0 Å². The molecule has 1 atom stereocenters. The highest BCUT2D eigenvalue weighted by Gasteiger charge is 2.23. The summed E-state index contributed by atoms with van der Waals surface area (Å²) in [5, 5.41) is 6.29. The first-order valence-electron chi connectivity index (χ1n) is 9.91. The SMILES string of the molecule is Cc1cc(C2CCCNC2)oc(=O)c1C(=O)Nc1cccc2c1CCCC2. The third kappa shape index (κ3) is 3.69. The van der Waals surface area contributed by atoms with Gasteiger partial charge in [0.15, 0.2) is 0 Å². The minimum atomic E-state index is -0.544. The van der Waals surface area contributed by atoms with Crippen molar-refractivity contribution in [2.75, 3.05) is 18.4 Å². The Labute approximate surface area is 159 Å². The molecular weight excluding hydrogens is 340 g/mol. The number of carbonyl (C=O) groups is 1. The molecular formula is C22H26N2O3. The molecule has 1 saturated heterocycles. The quantitative estimate of drug-likeness (QED) is 0.871. The van der Waals surface area contributed by atoms with Crippen molar-refractivity contribution in [3.05, 3.63) is 62.7 Å². The molecule has 142 valence electrons. The molecule has 1 amide bonds. The minimum absolute atomic E-state index is 0.107. The molecule has 2 heterocycles. The van der Waals surface area contributed by atoms with Gasteiger partial charge in [-0.3, -0.25) is 4.79 Å². The Morgan fingerprint density at radius 1 is 1.22 bits per heavy atom. The van der Waals surface area contributed by atoms with Crippen LogP contribution in [-0.4, -0.2) is 19.0 Å². The molecule has 1 fully saturated rings. The molecule has 0 bridgehead atoms. The summed E-state index contributed by atoms with van der Waals surface area (Å²) in [4.78, 5) is 25.4. The molecule has 0 spiro atoms. The van der Waals surface area contributed by atoms with E-state index in [1.807, 2.05) is 25.1 Å². The molecule has 1 aliphatic carbocycles. The van der Waals surface area contributed by atoms with Gasteiger partial charge in [0, 0.05) is 18.2 Å². The fraction of sp³-hybridized carbons (Fsp3) is 0.455. The second-order valence-electron chi connectivity index (χ2n) is 7.64. The maximum atomic E-state index is 12.8. The maximum Gasteiger partial charge on any atom is 0.349 e. The van der Waals surface area contributed by atoms with E-state index in [1.165, 1.54) is 17.5 Å². The molecule has 0 radical (unpaired) electrons. The number of hydrogen-bond acceptors (Lipinski definition) is 4. The lowest BCUT2D eigenvalue weighted by molar-refractivity contribution is 0.102. The highest BCUT2D eigenvalue weighted by molar-refractivity contribution is 6.05. The lowest BCUT2D eigenvalue weighted by Gasteiger charge is -2.22. The van der Waals surface area contributed by atoms with Gasteiger partial charge in [-0.15, -0.1) is 0 Å². The molecule has 4 rings (SSSR count). The third-order valence-corrected chi connectivity index (χ3v) is 5.74. The lowest BCUT2D eigenvalue weighted by Crippen LogP contribution is -2.30. The summed E-state index contributed by atoms with van der Waals surface area (Å²) in [6.07, 6.45) is 6.39. The van der Waals surface area contributed by atoms with Gasteiger partial charge in [-0.1, -0.05) is 12.1 Å². The van der Waals surface area contributed by atoms with E-state index in [0.717, 1.165) is 50.9 Å². The molecule has 2 aliphatic rings. The molecule has 27 heavy (non-hydrogen) atoms. The number of benzene rings is 1. The van der Waals surface area contributed by atoms with E-state index >= 15 is 0 Å². The van der Waals surface area contributed by atoms with Crippen molar-refractivity contribution in [2.24, 2.45) is 0 Å². The molecule has 2 aromatic rings. The van der Waals surface area contributed by atoms with Crippen LogP contribution in [-0.2, 0) is 12.8 Å². The number of fused-ring (bicyclic) bond motifs is 1. The summed E-state index contributed by atoms with van der Waals surface area (Å²) >= 11 is 0. The number of nitrogens with one attached hydrogen (secondary N) is 2. The first-order chi connectivity index (χ1) is 13.1. The van der Waals surface area contributed by atoms with Gasteiger partial charge in [-0.05, 0) is 80.8 Å². The highest BCUT2D eigenvalue weighted by atomic mass is 16.4. The van der Waals surface area contributed by atoms with Crippen LogP contribution in [0, 0.1) is 6.92 Å². The Hall–Kier alpha value is -2.40. The van der Waals surface area contributed by atoms with Crippen LogP contribution in [0.5, 0.6) is 0 Å². The van der Waals surface area contributed by atoms with Gasteiger partial charge >= 0.3 is 5.63 Å². The summed E-state index contributed by atoms with van der Waals surface area (Å²) < 4.78 is 5.54. The van der Waals surface area contributed by atoms with Crippen molar-refractivity contribution in [3.63, 3.8) is 0 Å². The number of piperidine rings is 1. The van der Waals surface area contributed by atoms with Crippen LogP contribution >= 0.6 is 0 Å². The zero-order valence-electron chi connectivity index (χ0n) is 15.8. The van der Waals surface area contributed by atoms with Gasteiger partial charge in [-0.25, -0.2) is 4.79 Å². The average Bonchev–Trinajstić information content (AvgIpc) is 2.68. The highest BCUT2D eigenvalue weighted by Crippen LogP contribution is 2.28. The van der Waals surface area contributed by atoms with Crippen molar-refractivity contribution in [1.29, 1.82) is 0 Å². The minimum Gasteiger partial charge on any atom is -0.427 e. The molecule has 5 nitrogen and oxygen atoms in total. The first kappa shape index (κ1) is 18.0. The molecule has 1 aromatic heterocycles. The van der Waals surface area contributed by atoms with Crippen molar-refractivity contribution in [1.82, 2.24) is 5.32 Å². The van der Waals surface area contributed by atoms with Crippen LogP contribution in [0.3, 0.4) is 0 Å². The van der Waals surface area contributed by atoms with Crippen molar-refractivity contribution in [2.45, 2.75) is 51.4 Å². The largest absolute Gasteiger partial charge is 0.427 e. The summed E-state index contributed by atoms with van der Waals surface area (Å²) in [7, 11) is 0. The number of carbonyl (C=O) groups excluding carboxylic acids is 1. The average molecular weight is 366 g/mol. The van der Waals surface area contributed by atoms with E-state index in [2.05, 4.69) is 16.7 Å². The van der Waals surface area contributed by atoms with Crippen LogP contribution in [0.4, 0.5) is 5.69 Å². The van der Waals surface area contributed by atoms with Crippen molar-refractivity contribution in [3.8, 4) is 0 Å². The molecule has 1 aromatic carbocycles. The van der Waals surface area contributed by atoms with Crippen LogP contribution in [0.15, 0.2) is 33.5 Å². The topological polar surface area (TPSA) is 71.3 Å². The monoisotopic (exact) mass is 366 g/mol. The van der Waals surface area contributed by atoms with Crippen LogP contribution in [0.2, 0.25) is 0 Å². The summed E-state index contributed by atoms with van der Waals surface area (Å²) in [5.41, 5.74) is 3.55. The van der Waals surface area contributed by atoms with Gasteiger partial charge in [0.1, 0.15) is 11.3 Å². The van der Waals surface area contributed by atoms with E-state index in [4.69, 9.17) is 4.42 Å². The molecule has 1 aliphatic heterocycles. The van der Waals surface area contributed by atoms with Gasteiger partial charge in [0.05, 0.1) is 0 Å². The number of hydrogen-bond donors (Lipinski definition) is 2. The Morgan fingerprint density at radius 3 is 2.85 bits per heavy atom. The van der Waals surface area contributed by atoms with E-state index < -0.39 is 5.63 Å². The van der Waals surface area contributed by atoms with Gasteiger partial charge in [0.25, 0.3) is 5.91 Å². The Kier molecular flexibility index (Phi) is 5.12. The fourth-order valence-corrected chi connectivity index (χ4v) is 4.28. The van der Waals surface area contributed by atoms with E-state index in [0.29, 0.717) is 11.3 Å². The maximum absolute atomic E-state index is 12.8. The van der Waals surface area contributed by atoms with Gasteiger partial charge < -0.3 is 15.1 Å². The summed E-state index contributed by atoms with van der Waals surface area (Å²) in [6, 6.07) is 7.86. The summed E-state index contributed by atoms with van der Waals surface area (Å²) in [6.45, 7) is 3.62. The second-order valence-corrected chi connectivity index (χ2v) is 7.64. The predicted molar refractivity (Wildman–Crippen MR) is 106 cm³/mol. The third-order valence-electron chi connectivity index (χ3n) is 5.74. The predicted octanol–water partition coefficient (Wildman–Crippen LogP) is 3.55. The lowest BCUT2D eigenvalue weighted by atomic mass is 9.90. The Morgan fingerprint density at radius 2 is 2.07 bits per heavy atom. The number of anilines is 1. The fourth-order valence-electron chi connectivity index (χ4n) is 4.28. The second kappa shape index (κ2) is 7.69. The van der Waals surface area contributed by atoms with E-state index in [9.17, 15) is 9.59 Å². The van der Waals surface area contributed by atoms with Gasteiger partial charge in [-0.2, -0.15) is 0 Å². The zero-order chi connectivity index (χ0) is 18.8. The Balaban J connectivity index is 1.60. The van der Waals surface area contributed by atoms with Crippen molar-refractivity contribution < 1.29 is 9.21 Å². The molecule has 2 N–H and O–H groups in total. The van der Waals surface area contributed by atoms with Crippen LogP contribution in [0.25, 0.3) is 0 Å². The van der Waals surface area contributed by atoms with Gasteiger partial charge in [0.2, 0.25) is 0 Å². The Bertz CT molecular complexity index is 910. The van der Waals surface area contributed by atoms with Crippen LogP contribution in [0.1, 0.15) is 64.4 Å². The van der Waals surface area contributed by atoms with Crippen molar-refractivity contribution >= 4 is 11.6 Å².